The first kappa shape index (κ1) is 13.0. The Morgan fingerprint density at radius 1 is 1.38 bits per heavy atom. The maximum atomic E-state index is 11.3. The zero-order valence-electron chi connectivity index (χ0n) is 9.99. The smallest absolute Gasteiger partial charge is 0.307 e. The molecule has 1 rings (SSSR count). The monoisotopic (exact) mass is 228 g/mol. The van der Waals surface area contributed by atoms with E-state index in [9.17, 15) is 9.59 Å². The van der Waals surface area contributed by atoms with E-state index in [1.165, 1.54) is 0 Å². The summed E-state index contributed by atoms with van der Waals surface area (Å²) >= 11 is 0. The van der Waals surface area contributed by atoms with Gasteiger partial charge in [0.2, 0.25) is 5.91 Å². The van der Waals surface area contributed by atoms with Crippen LogP contribution in [0, 0.1) is 0 Å². The van der Waals surface area contributed by atoms with Gasteiger partial charge in [0.15, 0.2) is 0 Å². The Morgan fingerprint density at radius 2 is 1.94 bits per heavy atom. The van der Waals surface area contributed by atoms with Gasteiger partial charge in [0.1, 0.15) is 0 Å². The maximum absolute atomic E-state index is 11.3. The number of rotatable bonds is 3. The molecule has 1 aliphatic heterocycles. The van der Waals surface area contributed by atoms with E-state index in [0.29, 0.717) is 32.5 Å². The fraction of sp³-hybridized carbons (Fsp3) is 0.818. The van der Waals surface area contributed by atoms with E-state index >= 15 is 0 Å². The number of esters is 1. The van der Waals surface area contributed by atoms with Gasteiger partial charge in [-0.2, -0.15) is 0 Å². The molecule has 92 valence electrons. The highest BCUT2D eigenvalue weighted by Crippen LogP contribution is 2.23. The summed E-state index contributed by atoms with van der Waals surface area (Å²) in [5, 5.41) is 0. The summed E-state index contributed by atoms with van der Waals surface area (Å²) in [5.41, 5.74) is 5.61. The highest BCUT2D eigenvalue weighted by Gasteiger charge is 2.33. The second kappa shape index (κ2) is 5.30. The fourth-order valence-electron chi connectivity index (χ4n) is 1.94. The van der Waals surface area contributed by atoms with Gasteiger partial charge in [-0.3, -0.25) is 9.59 Å². The van der Waals surface area contributed by atoms with Crippen molar-refractivity contribution in [2.45, 2.75) is 38.6 Å². The second-order valence-electron chi connectivity index (χ2n) is 4.35. The molecular weight excluding hydrogens is 208 g/mol. The molecule has 0 aromatic carbocycles. The minimum Gasteiger partial charge on any atom is -0.466 e. The van der Waals surface area contributed by atoms with Gasteiger partial charge in [0.25, 0.3) is 0 Å². The third-order valence-electron chi connectivity index (χ3n) is 3.01. The molecule has 0 spiro atoms. The van der Waals surface area contributed by atoms with E-state index in [4.69, 9.17) is 10.5 Å². The Morgan fingerprint density at radius 3 is 2.38 bits per heavy atom. The van der Waals surface area contributed by atoms with Crippen molar-refractivity contribution in [2.24, 2.45) is 5.73 Å². The van der Waals surface area contributed by atoms with Crippen molar-refractivity contribution in [3.8, 4) is 0 Å². The Balaban J connectivity index is 2.43. The molecule has 0 aromatic heterocycles. The van der Waals surface area contributed by atoms with Crippen molar-refractivity contribution in [1.82, 2.24) is 4.90 Å². The number of carbonyl (C=O) groups is 2. The minimum absolute atomic E-state index is 0.0678. The molecule has 1 amide bonds. The number of ether oxygens (including phenoxy) is 1. The summed E-state index contributed by atoms with van der Waals surface area (Å²) in [6.45, 7) is 4.97. The van der Waals surface area contributed by atoms with Crippen molar-refractivity contribution in [3.63, 3.8) is 0 Å². The number of hydrogen-bond donors (Lipinski definition) is 1. The van der Waals surface area contributed by atoms with Crippen molar-refractivity contribution >= 4 is 11.9 Å². The molecule has 0 saturated carbocycles. The van der Waals surface area contributed by atoms with Crippen LogP contribution in [0.25, 0.3) is 0 Å². The van der Waals surface area contributed by atoms with Crippen LogP contribution in [0.1, 0.15) is 33.1 Å². The van der Waals surface area contributed by atoms with Crippen LogP contribution in [0.4, 0.5) is 0 Å². The first-order valence-corrected chi connectivity index (χ1v) is 5.67. The average Bonchev–Trinajstić information content (AvgIpc) is 2.17. The predicted octanol–water partition coefficient (Wildman–Crippen LogP) is 0.279. The van der Waals surface area contributed by atoms with Crippen LogP contribution < -0.4 is 5.73 Å². The fourth-order valence-corrected chi connectivity index (χ4v) is 1.94. The molecule has 0 unspecified atom stereocenters. The summed E-state index contributed by atoms with van der Waals surface area (Å²) in [6.07, 6.45) is 1.56. The summed E-state index contributed by atoms with van der Waals surface area (Å²) in [6, 6.07) is 0. The third kappa shape index (κ3) is 3.48. The summed E-state index contributed by atoms with van der Waals surface area (Å²) in [5.74, 6) is -0.181. The zero-order valence-corrected chi connectivity index (χ0v) is 9.99. The maximum Gasteiger partial charge on any atom is 0.307 e. The lowest BCUT2D eigenvalue weighted by atomic mass is 9.85. The molecule has 5 nitrogen and oxygen atoms in total. The van der Waals surface area contributed by atoms with Crippen molar-refractivity contribution < 1.29 is 14.3 Å². The third-order valence-corrected chi connectivity index (χ3v) is 3.01. The van der Waals surface area contributed by atoms with E-state index in [-0.39, 0.29) is 18.3 Å². The number of nitrogens with zero attached hydrogens (tertiary/aromatic N) is 1. The van der Waals surface area contributed by atoms with Crippen LogP contribution in [0.2, 0.25) is 0 Å². The van der Waals surface area contributed by atoms with Crippen molar-refractivity contribution in [3.05, 3.63) is 0 Å². The molecule has 5 heteroatoms. The van der Waals surface area contributed by atoms with Gasteiger partial charge in [-0.1, -0.05) is 0 Å². The van der Waals surface area contributed by atoms with Crippen molar-refractivity contribution in [1.29, 1.82) is 0 Å². The Kier molecular flexibility index (Phi) is 4.29. The second-order valence-corrected chi connectivity index (χ2v) is 4.35. The Hall–Kier alpha value is -1.10. The number of hydrogen-bond acceptors (Lipinski definition) is 4. The van der Waals surface area contributed by atoms with Gasteiger partial charge >= 0.3 is 5.97 Å². The van der Waals surface area contributed by atoms with Crippen LogP contribution in [0.5, 0.6) is 0 Å². The topological polar surface area (TPSA) is 72.6 Å². The molecule has 0 aromatic rings. The molecule has 1 saturated heterocycles. The highest BCUT2D eigenvalue weighted by atomic mass is 16.5. The first-order chi connectivity index (χ1) is 7.47. The van der Waals surface area contributed by atoms with E-state index < -0.39 is 5.54 Å². The van der Waals surface area contributed by atoms with Gasteiger partial charge < -0.3 is 15.4 Å². The lowest BCUT2D eigenvalue weighted by Crippen LogP contribution is -2.52. The Bertz CT molecular complexity index is 270. The van der Waals surface area contributed by atoms with Crippen molar-refractivity contribution in [2.75, 3.05) is 19.7 Å². The van der Waals surface area contributed by atoms with E-state index in [1.807, 2.05) is 0 Å². The van der Waals surface area contributed by atoms with Gasteiger partial charge in [0.05, 0.1) is 13.0 Å². The summed E-state index contributed by atoms with van der Waals surface area (Å²) in [7, 11) is 0. The lowest BCUT2D eigenvalue weighted by molar-refractivity contribution is -0.145. The van der Waals surface area contributed by atoms with E-state index in [1.54, 1.807) is 18.7 Å². The molecule has 0 atom stereocenters. The molecule has 0 radical (unpaired) electrons. The van der Waals surface area contributed by atoms with E-state index in [0.717, 1.165) is 0 Å². The van der Waals surface area contributed by atoms with Crippen LogP contribution in [-0.4, -0.2) is 42.0 Å². The number of carbonyl (C=O) groups excluding carboxylic acids is 2. The number of likely N-dealkylation sites (tertiary alicyclic amines) is 1. The normalized spacial score (nSPS) is 19.3. The average molecular weight is 228 g/mol. The van der Waals surface area contributed by atoms with Gasteiger partial charge in [-0.25, -0.2) is 0 Å². The zero-order chi connectivity index (χ0) is 12.2. The quantitative estimate of drug-likeness (QED) is 0.704. The minimum atomic E-state index is -0.502. The van der Waals surface area contributed by atoms with Crippen LogP contribution in [0.15, 0.2) is 0 Å². The molecule has 16 heavy (non-hydrogen) atoms. The molecule has 2 N–H and O–H groups in total. The molecule has 1 heterocycles. The van der Waals surface area contributed by atoms with Gasteiger partial charge in [-0.15, -0.1) is 0 Å². The molecule has 0 aliphatic carbocycles. The van der Waals surface area contributed by atoms with Crippen LogP contribution in [0.3, 0.4) is 0 Å². The first-order valence-electron chi connectivity index (χ1n) is 5.67. The largest absolute Gasteiger partial charge is 0.466 e. The van der Waals surface area contributed by atoms with Crippen LogP contribution >= 0.6 is 0 Å². The highest BCUT2D eigenvalue weighted by molar-refractivity contribution is 5.73. The summed E-state index contributed by atoms with van der Waals surface area (Å²) in [4.78, 5) is 24.2. The molecule has 1 fully saturated rings. The molecule has 1 aliphatic rings. The number of nitrogens with two attached hydrogens (primary N) is 1. The number of amides is 1. The van der Waals surface area contributed by atoms with Gasteiger partial charge in [0, 0.05) is 25.6 Å². The molecule has 0 bridgehead atoms. The van der Waals surface area contributed by atoms with E-state index in [2.05, 4.69) is 0 Å². The predicted molar refractivity (Wildman–Crippen MR) is 59.7 cm³/mol. The standard InChI is InChI=1S/C11H20N2O3/c1-3-16-10(15)8-11(12)4-6-13(7-5-11)9(2)14/h3-8,12H2,1-2H3. The van der Waals surface area contributed by atoms with Crippen LogP contribution in [-0.2, 0) is 14.3 Å². The SMILES string of the molecule is CCOC(=O)CC1(N)CCN(C(C)=O)CC1. The molecular formula is C11H20N2O3. The lowest BCUT2D eigenvalue weighted by Gasteiger charge is -2.38. The number of piperidine rings is 1. The van der Waals surface area contributed by atoms with Gasteiger partial charge in [-0.05, 0) is 19.8 Å². The Labute approximate surface area is 95.9 Å². The summed E-state index contributed by atoms with van der Waals surface area (Å²) < 4.78 is 4.88.